The number of benzene rings is 1. The zero-order valence-electron chi connectivity index (χ0n) is 8.38. The number of carbonyl (C=O) groups excluding carboxylic acids is 1. The van der Waals surface area contributed by atoms with E-state index in [4.69, 9.17) is 10.5 Å². The van der Waals surface area contributed by atoms with E-state index >= 15 is 0 Å². The highest BCUT2D eigenvalue weighted by atomic mass is 19.3. The Bertz CT molecular complexity index is 391. The van der Waals surface area contributed by atoms with Gasteiger partial charge in [0.2, 0.25) is 0 Å². The molecule has 1 aromatic rings. The topological polar surface area (TPSA) is 52.3 Å². The summed E-state index contributed by atoms with van der Waals surface area (Å²) in [5.41, 5.74) is 5.26. The van der Waals surface area contributed by atoms with Crippen molar-refractivity contribution in [3.05, 3.63) is 23.3 Å². The lowest BCUT2D eigenvalue weighted by molar-refractivity contribution is 0.101. The van der Waals surface area contributed by atoms with E-state index in [1.54, 1.807) is 0 Å². The lowest BCUT2D eigenvalue weighted by Gasteiger charge is -2.12. The van der Waals surface area contributed by atoms with Gasteiger partial charge < -0.3 is 10.5 Å². The van der Waals surface area contributed by atoms with Crippen LogP contribution in [0.3, 0.4) is 0 Å². The van der Waals surface area contributed by atoms with E-state index in [1.165, 1.54) is 20.1 Å². The average molecular weight is 215 g/mol. The van der Waals surface area contributed by atoms with E-state index in [2.05, 4.69) is 0 Å². The molecule has 0 aliphatic carbocycles. The quantitative estimate of drug-likeness (QED) is 0.622. The molecule has 1 rings (SSSR count). The molecule has 2 N–H and O–H groups in total. The third-order valence-electron chi connectivity index (χ3n) is 1.96. The number of halogens is 2. The normalized spacial score (nSPS) is 10.5. The van der Waals surface area contributed by atoms with Crippen molar-refractivity contribution in [3.63, 3.8) is 0 Å². The fourth-order valence-electron chi connectivity index (χ4n) is 1.33. The van der Waals surface area contributed by atoms with Gasteiger partial charge in [-0.3, -0.25) is 4.79 Å². The number of hydrogen-bond acceptors (Lipinski definition) is 3. The third-order valence-corrected chi connectivity index (χ3v) is 1.96. The lowest BCUT2D eigenvalue weighted by atomic mass is 10.0. The number of ether oxygens (including phenoxy) is 1. The Kier molecular flexibility index (Phi) is 3.24. The van der Waals surface area contributed by atoms with Gasteiger partial charge in [-0.25, -0.2) is 8.78 Å². The van der Waals surface area contributed by atoms with Gasteiger partial charge in [-0.1, -0.05) is 0 Å². The van der Waals surface area contributed by atoms with Crippen LogP contribution in [0.25, 0.3) is 0 Å². The molecule has 1 aromatic carbocycles. The molecule has 0 amide bonds. The van der Waals surface area contributed by atoms with Crippen molar-refractivity contribution < 1.29 is 18.3 Å². The van der Waals surface area contributed by atoms with Crippen LogP contribution in [0.5, 0.6) is 5.75 Å². The second-order valence-electron chi connectivity index (χ2n) is 3.05. The van der Waals surface area contributed by atoms with Gasteiger partial charge >= 0.3 is 0 Å². The van der Waals surface area contributed by atoms with Crippen LogP contribution in [-0.2, 0) is 0 Å². The first-order chi connectivity index (χ1) is 6.97. The van der Waals surface area contributed by atoms with Gasteiger partial charge in [0.1, 0.15) is 5.75 Å². The summed E-state index contributed by atoms with van der Waals surface area (Å²) < 4.78 is 30.0. The molecule has 5 heteroatoms. The molecule has 0 spiro atoms. The number of nitrogen functional groups attached to an aromatic ring is 1. The molecule has 0 bridgehead atoms. The second-order valence-corrected chi connectivity index (χ2v) is 3.05. The standard InChI is InChI=1S/C10H11F2NO2/c1-5(14)7-3-6(13)4-8(10(11)12)9(7)15-2/h3-4,10H,13H2,1-2H3. The first-order valence-corrected chi connectivity index (χ1v) is 4.23. The Morgan fingerprint density at radius 1 is 1.47 bits per heavy atom. The van der Waals surface area contributed by atoms with Crippen molar-refractivity contribution in [1.29, 1.82) is 0 Å². The van der Waals surface area contributed by atoms with Gasteiger partial charge in [-0.15, -0.1) is 0 Å². The van der Waals surface area contributed by atoms with E-state index in [9.17, 15) is 13.6 Å². The van der Waals surface area contributed by atoms with Crippen molar-refractivity contribution in [2.75, 3.05) is 12.8 Å². The number of alkyl halides is 2. The molecule has 0 aliphatic heterocycles. The predicted octanol–water partition coefficient (Wildman–Crippen LogP) is 2.42. The molecule has 0 atom stereocenters. The predicted molar refractivity (Wildman–Crippen MR) is 52.4 cm³/mol. The van der Waals surface area contributed by atoms with Crippen LogP contribution in [0.1, 0.15) is 29.3 Å². The Morgan fingerprint density at radius 3 is 2.47 bits per heavy atom. The van der Waals surface area contributed by atoms with E-state index in [-0.39, 0.29) is 28.3 Å². The zero-order valence-corrected chi connectivity index (χ0v) is 8.38. The Balaban J connectivity index is 3.45. The minimum absolute atomic E-state index is 0.0767. The maximum absolute atomic E-state index is 12.6. The van der Waals surface area contributed by atoms with Crippen molar-refractivity contribution in [2.24, 2.45) is 0 Å². The van der Waals surface area contributed by atoms with Crippen LogP contribution < -0.4 is 10.5 Å². The zero-order chi connectivity index (χ0) is 11.6. The van der Waals surface area contributed by atoms with Crippen LogP contribution in [0.15, 0.2) is 12.1 Å². The first kappa shape index (κ1) is 11.4. The van der Waals surface area contributed by atoms with Gasteiger partial charge in [0.25, 0.3) is 6.43 Å². The third kappa shape index (κ3) is 2.23. The summed E-state index contributed by atoms with van der Waals surface area (Å²) in [5.74, 6) is -0.465. The summed E-state index contributed by atoms with van der Waals surface area (Å²) in [6, 6.07) is 2.43. The summed E-state index contributed by atoms with van der Waals surface area (Å²) in [6.07, 6.45) is -2.72. The van der Waals surface area contributed by atoms with Crippen LogP contribution in [0.2, 0.25) is 0 Å². The number of rotatable bonds is 3. The molecule has 3 nitrogen and oxygen atoms in total. The van der Waals surface area contributed by atoms with Gasteiger partial charge in [-0.05, 0) is 19.1 Å². The van der Waals surface area contributed by atoms with Gasteiger partial charge in [0, 0.05) is 5.69 Å². The molecule has 0 aromatic heterocycles. The van der Waals surface area contributed by atoms with Gasteiger partial charge in [-0.2, -0.15) is 0 Å². The van der Waals surface area contributed by atoms with Crippen molar-refractivity contribution in [2.45, 2.75) is 13.3 Å². The minimum Gasteiger partial charge on any atom is -0.495 e. The molecule has 0 fully saturated rings. The molecule has 15 heavy (non-hydrogen) atoms. The summed E-state index contributed by atoms with van der Waals surface area (Å²) in [7, 11) is 1.24. The molecule has 0 radical (unpaired) electrons. The monoisotopic (exact) mass is 215 g/mol. The van der Waals surface area contributed by atoms with E-state index in [0.717, 1.165) is 6.07 Å². The van der Waals surface area contributed by atoms with Crippen molar-refractivity contribution in [1.82, 2.24) is 0 Å². The second kappa shape index (κ2) is 4.25. The van der Waals surface area contributed by atoms with Crippen LogP contribution >= 0.6 is 0 Å². The number of anilines is 1. The molecule has 0 heterocycles. The van der Waals surface area contributed by atoms with Gasteiger partial charge in [0.05, 0.1) is 18.2 Å². The summed E-state index contributed by atoms with van der Waals surface area (Å²) in [5, 5.41) is 0. The highest BCUT2D eigenvalue weighted by Crippen LogP contribution is 2.34. The smallest absolute Gasteiger partial charge is 0.267 e. The van der Waals surface area contributed by atoms with Crippen molar-refractivity contribution in [3.8, 4) is 5.75 Å². The fraction of sp³-hybridized carbons (Fsp3) is 0.300. The largest absolute Gasteiger partial charge is 0.495 e. The van der Waals surface area contributed by atoms with Crippen LogP contribution in [0, 0.1) is 0 Å². The Labute approximate surface area is 85.8 Å². The highest BCUT2D eigenvalue weighted by molar-refractivity contribution is 5.98. The van der Waals surface area contributed by atoms with Gasteiger partial charge in [0.15, 0.2) is 5.78 Å². The number of methoxy groups -OCH3 is 1. The summed E-state index contributed by atoms with van der Waals surface area (Å²) >= 11 is 0. The first-order valence-electron chi connectivity index (χ1n) is 4.23. The Hall–Kier alpha value is -1.65. The molecule has 0 aliphatic rings. The molecule has 0 saturated carbocycles. The average Bonchev–Trinajstić information content (AvgIpc) is 2.16. The maximum Gasteiger partial charge on any atom is 0.267 e. The number of carbonyl (C=O) groups is 1. The lowest BCUT2D eigenvalue weighted by Crippen LogP contribution is -2.03. The SMILES string of the molecule is COc1c(C(C)=O)cc(N)cc1C(F)F. The van der Waals surface area contributed by atoms with Crippen molar-refractivity contribution >= 4 is 11.5 Å². The van der Waals surface area contributed by atoms with E-state index < -0.39 is 6.43 Å². The van der Waals surface area contributed by atoms with Crippen LogP contribution in [0.4, 0.5) is 14.5 Å². The fourth-order valence-corrected chi connectivity index (χ4v) is 1.33. The molecule has 0 saturated heterocycles. The summed E-state index contributed by atoms with van der Waals surface area (Å²) in [6.45, 7) is 1.27. The summed E-state index contributed by atoms with van der Waals surface area (Å²) in [4.78, 5) is 11.2. The number of Topliss-reactive ketones (excluding diaryl/α,β-unsaturated/α-hetero) is 1. The Morgan fingerprint density at radius 2 is 2.07 bits per heavy atom. The highest BCUT2D eigenvalue weighted by Gasteiger charge is 2.20. The van der Waals surface area contributed by atoms with Crippen LogP contribution in [-0.4, -0.2) is 12.9 Å². The number of ketones is 1. The number of hydrogen-bond donors (Lipinski definition) is 1. The molecular weight excluding hydrogens is 204 g/mol. The molecule has 82 valence electrons. The van der Waals surface area contributed by atoms with E-state index in [1.807, 2.05) is 0 Å². The number of nitrogens with two attached hydrogens (primary N) is 1. The maximum atomic E-state index is 12.6. The molecule has 0 unspecified atom stereocenters. The van der Waals surface area contributed by atoms with E-state index in [0.29, 0.717) is 0 Å². The minimum atomic E-state index is -2.72. The molecular formula is C10H11F2NO2.